The minimum Gasteiger partial charge on any atom is -0.506 e. The zero-order valence-electron chi connectivity index (χ0n) is 9.10. The molecule has 1 aromatic rings. The van der Waals surface area contributed by atoms with E-state index in [0.29, 0.717) is 22.6 Å². The van der Waals surface area contributed by atoms with Crippen LogP contribution in [0, 0.1) is 6.92 Å². The van der Waals surface area contributed by atoms with Crippen LogP contribution in [0.3, 0.4) is 0 Å². The fraction of sp³-hybridized carbons (Fsp3) is 0.0769. The Morgan fingerprint density at radius 2 is 2.06 bits per heavy atom. The van der Waals surface area contributed by atoms with E-state index in [0.717, 1.165) is 5.56 Å². The SMILES string of the molecule is Cc1ccc(O)c2nc3ccc(=O)cc-3oc12. The van der Waals surface area contributed by atoms with Crippen molar-refractivity contribution >= 4 is 11.1 Å². The molecule has 0 fully saturated rings. The predicted molar refractivity (Wildman–Crippen MR) is 63.3 cm³/mol. The van der Waals surface area contributed by atoms with Gasteiger partial charge in [0.1, 0.15) is 17.0 Å². The lowest BCUT2D eigenvalue weighted by Gasteiger charge is -2.08. The molecule has 1 heterocycles. The molecule has 0 bridgehead atoms. The summed E-state index contributed by atoms with van der Waals surface area (Å²) in [6.45, 7) is 1.86. The number of fused-ring (bicyclic) bond motifs is 2. The topological polar surface area (TPSA) is 63.3 Å². The average molecular weight is 227 g/mol. The van der Waals surface area contributed by atoms with E-state index in [4.69, 9.17) is 4.42 Å². The van der Waals surface area contributed by atoms with Crippen LogP contribution >= 0.6 is 0 Å². The van der Waals surface area contributed by atoms with Gasteiger partial charge in [-0.2, -0.15) is 0 Å². The number of rotatable bonds is 0. The molecule has 2 aliphatic rings. The maximum atomic E-state index is 11.2. The smallest absolute Gasteiger partial charge is 0.182 e. The molecule has 0 saturated carbocycles. The van der Waals surface area contributed by atoms with E-state index in [2.05, 4.69) is 4.98 Å². The summed E-state index contributed by atoms with van der Waals surface area (Å²) in [5.74, 6) is 0.501. The quantitative estimate of drug-likeness (QED) is 0.598. The van der Waals surface area contributed by atoms with E-state index in [1.807, 2.05) is 6.92 Å². The van der Waals surface area contributed by atoms with E-state index < -0.39 is 0 Å². The molecule has 3 rings (SSSR count). The zero-order chi connectivity index (χ0) is 12.0. The third-order valence-electron chi connectivity index (χ3n) is 2.68. The molecule has 1 aromatic carbocycles. The van der Waals surface area contributed by atoms with Crippen molar-refractivity contribution in [3.05, 3.63) is 46.1 Å². The van der Waals surface area contributed by atoms with Crippen LogP contribution in [0.15, 0.2) is 39.5 Å². The second-order valence-corrected chi connectivity index (χ2v) is 3.92. The van der Waals surface area contributed by atoms with Gasteiger partial charge in [0.25, 0.3) is 0 Å². The first-order chi connectivity index (χ1) is 8.15. The van der Waals surface area contributed by atoms with Crippen LogP contribution in [0.5, 0.6) is 5.75 Å². The summed E-state index contributed by atoms with van der Waals surface area (Å²) in [4.78, 5) is 15.5. The number of benzene rings is 2. The van der Waals surface area contributed by atoms with Crippen LogP contribution in [0.2, 0.25) is 0 Å². The Bertz CT molecular complexity index is 745. The van der Waals surface area contributed by atoms with Gasteiger partial charge in [0.2, 0.25) is 0 Å². The molecular weight excluding hydrogens is 218 g/mol. The van der Waals surface area contributed by atoms with Crippen molar-refractivity contribution in [2.75, 3.05) is 0 Å². The average Bonchev–Trinajstić information content (AvgIpc) is 2.32. The Kier molecular flexibility index (Phi) is 1.92. The van der Waals surface area contributed by atoms with E-state index in [-0.39, 0.29) is 11.2 Å². The Labute approximate surface area is 96.5 Å². The van der Waals surface area contributed by atoms with Crippen molar-refractivity contribution in [2.24, 2.45) is 0 Å². The van der Waals surface area contributed by atoms with Crippen molar-refractivity contribution in [1.82, 2.24) is 4.98 Å². The number of hydrogen-bond acceptors (Lipinski definition) is 4. The number of hydrogen-bond donors (Lipinski definition) is 1. The fourth-order valence-electron chi connectivity index (χ4n) is 1.80. The van der Waals surface area contributed by atoms with Crippen molar-refractivity contribution in [3.63, 3.8) is 0 Å². The van der Waals surface area contributed by atoms with E-state index in [9.17, 15) is 9.90 Å². The number of phenolic OH excluding ortho intramolecular Hbond substituents is 1. The van der Waals surface area contributed by atoms with Gasteiger partial charge >= 0.3 is 0 Å². The van der Waals surface area contributed by atoms with Gasteiger partial charge in [-0.3, -0.25) is 4.79 Å². The van der Waals surface area contributed by atoms with E-state index >= 15 is 0 Å². The van der Waals surface area contributed by atoms with Gasteiger partial charge in [-0.25, -0.2) is 4.98 Å². The highest BCUT2D eigenvalue weighted by molar-refractivity contribution is 5.84. The largest absolute Gasteiger partial charge is 0.506 e. The van der Waals surface area contributed by atoms with Gasteiger partial charge in [-0.15, -0.1) is 0 Å². The molecule has 0 spiro atoms. The monoisotopic (exact) mass is 227 g/mol. The van der Waals surface area contributed by atoms with E-state index in [1.165, 1.54) is 12.1 Å². The molecule has 0 atom stereocenters. The summed E-state index contributed by atoms with van der Waals surface area (Å²) in [7, 11) is 0. The zero-order valence-corrected chi connectivity index (χ0v) is 9.10. The highest BCUT2D eigenvalue weighted by atomic mass is 16.3. The molecule has 0 amide bonds. The summed E-state index contributed by atoms with van der Waals surface area (Å²) in [6, 6.07) is 7.72. The van der Waals surface area contributed by atoms with Gasteiger partial charge in [0.05, 0.1) is 0 Å². The number of phenols is 1. The maximum absolute atomic E-state index is 11.2. The minimum atomic E-state index is -0.125. The van der Waals surface area contributed by atoms with Gasteiger partial charge in [-0.1, -0.05) is 6.07 Å². The number of aromatic hydroxyl groups is 1. The number of nitrogens with zero attached hydrogens (tertiary/aromatic N) is 1. The summed E-state index contributed by atoms with van der Waals surface area (Å²) in [5.41, 5.74) is 2.21. The van der Waals surface area contributed by atoms with Crippen molar-refractivity contribution < 1.29 is 9.52 Å². The highest BCUT2D eigenvalue weighted by Crippen LogP contribution is 2.30. The Morgan fingerprint density at radius 3 is 2.88 bits per heavy atom. The number of aromatic nitrogens is 1. The molecule has 4 nitrogen and oxygen atoms in total. The first kappa shape index (κ1) is 9.84. The Balaban J connectivity index is 2.53. The minimum absolute atomic E-state index is 0.0717. The standard InChI is InChI=1S/C13H9NO3/c1-7-2-5-10(16)12-13(7)17-11-6-8(15)3-4-9(11)14-12/h2-6,16H,1H3. The lowest BCUT2D eigenvalue weighted by atomic mass is 10.1. The number of aryl methyl sites for hydroxylation is 1. The Hall–Kier alpha value is -2.36. The van der Waals surface area contributed by atoms with Gasteiger partial charge < -0.3 is 9.52 Å². The Morgan fingerprint density at radius 1 is 1.24 bits per heavy atom. The second kappa shape index (κ2) is 3.31. The lowest BCUT2D eigenvalue weighted by Crippen LogP contribution is -1.99. The summed E-state index contributed by atoms with van der Waals surface area (Å²) in [6.07, 6.45) is 0. The maximum Gasteiger partial charge on any atom is 0.182 e. The first-order valence-corrected chi connectivity index (χ1v) is 5.18. The summed E-state index contributed by atoms with van der Waals surface area (Å²) < 4.78 is 5.62. The molecule has 1 aliphatic heterocycles. The first-order valence-electron chi connectivity index (χ1n) is 5.18. The lowest BCUT2D eigenvalue weighted by molar-refractivity contribution is 0.478. The normalized spacial score (nSPS) is 11.1. The van der Waals surface area contributed by atoms with E-state index in [1.54, 1.807) is 18.2 Å². The molecule has 0 radical (unpaired) electrons. The summed E-state index contributed by atoms with van der Waals surface area (Å²) in [5, 5.41) is 9.73. The van der Waals surface area contributed by atoms with Gasteiger partial charge in [0.15, 0.2) is 16.8 Å². The van der Waals surface area contributed by atoms with Crippen molar-refractivity contribution in [2.45, 2.75) is 6.92 Å². The molecule has 17 heavy (non-hydrogen) atoms. The molecule has 1 N–H and O–H groups in total. The van der Waals surface area contributed by atoms with Crippen LogP contribution < -0.4 is 5.43 Å². The van der Waals surface area contributed by atoms with Gasteiger partial charge in [0, 0.05) is 6.07 Å². The molecule has 84 valence electrons. The van der Waals surface area contributed by atoms with Crippen LogP contribution in [-0.2, 0) is 0 Å². The molecule has 0 unspecified atom stereocenters. The molecule has 4 heteroatoms. The molecule has 1 aliphatic carbocycles. The predicted octanol–water partition coefficient (Wildman–Crippen LogP) is 2.31. The second-order valence-electron chi connectivity index (χ2n) is 3.92. The van der Waals surface area contributed by atoms with Crippen LogP contribution in [0.4, 0.5) is 0 Å². The van der Waals surface area contributed by atoms with Crippen molar-refractivity contribution in [3.8, 4) is 17.2 Å². The molecule has 0 saturated heterocycles. The fourth-order valence-corrected chi connectivity index (χ4v) is 1.80. The highest BCUT2D eigenvalue weighted by Gasteiger charge is 2.13. The molecule has 0 aromatic heterocycles. The third kappa shape index (κ3) is 1.45. The van der Waals surface area contributed by atoms with Crippen LogP contribution in [0.1, 0.15) is 5.56 Å². The van der Waals surface area contributed by atoms with Crippen molar-refractivity contribution in [1.29, 1.82) is 0 Å². The third-order valence-corrected chi connectivity index (χ3v) is 2.68. The molecular formula is C13H9NO3. The summed E-state index contributed by atoms with van der Waals surface area (Å²) >= 11 is 0. The van der Waals surface area contributed by atoms with Crippen LogP contribution in [0.25, 0.3) is 22.6 Å². The van der Waals surface area contributed by atoms with Crippen LogP contribution in [-0.4, -0.2) is 10.1 Å². The van der Waals surface area contributed by atoms with Gasteiger partial charge in [-0.05, 0) is 30.7 Å².